The molecule has 1 fully saturated rings. The lowest BCUT2D eigenvalue weighted by atomic mass is 9.82. The molecule has 2 amide bonds. The fourth-order valence-corrected chi connectivity index (χ4v) is 8.42. The van der Waals surface area contributed by atoms with E-state index in [1.54, 1.807) is 4.90 Å². The van der Waals surface area contributed by atoms with Crippen molar-refractivity contribution in [2.75, 3.05) is 55.8 Å². The van der Waals surface area contributed by atoms with Gasteiger partial charge >= 0.3 is 6.09 Å². The summed E-state index contributed by atoms with van der Waals surface area (Å²) in [6.45, 7) is 22.1. The molecule has 0 aromatic heterocycles. The summed E-state index contributed by atoms with van der Waals surface area (Å²) in [7, 11) is 0.237. The Hall–Kier alpha value is -2.25. The first-order valence-corrected chi connectivity index (χ1v) is 19.5. The Morgan fingerprint density at radius 3 is 2.33 bits per heavy atom. The number of unbranched alkanes of at least 4 members (excludes halogenated alkanes) is 1. The minimum atomic E-state index is -0.723. The number of amides is 2. The standard InChI is InChI=1S/C37H55Cl2N4O4P/c1-26(2)34(47-35(45)43(48-8)37(6,7)25-36(3,4)5)42-31-24-28(16-14-27(31)15-17-32(42)44)46-23-10-9-18-40-19-21-41(22-20-40)30-13-11-12-29(38)33(30)39/h11-14,16,24,26,34,48H,9-10,15,17-23,25H2,1-8H3. The van der Waals surface area contributed by atoms with Crippen LogP contribution < -0.4 is 14.5 Å². The van der Waals surface area contributed by atoms with E-state index in [2.05, 4.69) is 44.4 Å². The van der Waals surface area contributed by atoms with Crippen molar-refractivity contribution in [3.05, 3.63) is 52.0 Å². The van der Waals surface area contributed by atoms with Crippen molar-refractivity contribution in [3.63, 3.8) is 0 Å². The number of piperazine rings is 1. The maximum atomic E-state index is 13.7. The molecule has 0 radical (unpaired) electrons. The molecule has 0 aliphatic carbocycles. The summed E-state index contributed by atoms with van der Waals surface area (Å²) in [5.41, 5.74) is 2.48. The highest BCUT2D eigenvalue weighted by atomic mass is 35.5. The maximum absolute atomic E-state index is 13.7. The van der Waals surface area contributed by atoms with Gasteiger partial charge in [0.25, 0.3) is 0 Å². The molecule has 2 atom stereocenters. The van der Waals surface area contributed by atoms with Gasteiger partial charge in [-0.25, -0.2) is 4.79 Å². The third-order valence-corrected chi connectivity index (χ3v) is 11.0. The molecule has 11 heteroatoms. The molecule has 0 saturated carbocycles. The van der Waals surface area contributed by atoms with Crippen LogP contribution in [0.2, 0.25) is 10.0 Å². The average Bonchev–Trinajstić information content (AvgIpc) is 3.00. The molecule has 1 saturated heterocycles. The zero-order valence-corrected chi connectivity index (χ0v) is 32.6. The average molecular weight is 722 g/mol. The van der Waals surface area contributed by atoms with Gasteiger partial charge in [-0.1, -0.05) is 70.0 Å². The van der Waals surface area contributed by atoms with Crippen LogP contribution in [-0.2, 0) is 16.0 Å². The van der Waals surface area contributed by atoms with Gasteiger partial charge in [-0.15, -0.1) is 0 Å². The lowest BCUT2D eigenvalue weighted by molar-refractivity contribution is -0.121. The molecule has 2 heterocycles. The van der Waals surface area contributed by atoms with Crippen LogP contribution in [0.3, 0.4) is 0 Å². The number of hydrogen-bond donors (Lipinski definition) is 0. The second-order valence-corrected chi connectivity index (χ2v) is 16.8. The van der Waals surface area contributed by atoms with Gasteiger partial charge in [0.1, 0.15) is 5.75 Å². The molecule has 0 bridgehead atoms. The van der Waals surface area contributed by atoms with Gasteiger partial charge in [0.15, 0.2) is 6.23 Å². The number of fused-ring (bicyclic) bond motifs is 1. The van der Waals surface area contributed by atoms with E-state index in [0.717, 1.165) is 74.7 Å². The number of carbonyl (C=O) groups excluding carboxylic acids is 2. The normalized spacial score (nSPS) is 16.9. The number of ether oxygens (including phenoxy) is 2. The second kappa shape index (κ2) is 16.6. The summed E-state index contributed by atoms with van der Waals surface area (Å²) < 4.78 is 14.2. The van der Waals surface area contributed by atoms with Gasteiger partial charge in [-0.3, -0.25) is 19.3 Å². The van der Waals surface area contributed by atoms with Crippen LogP contribution in [0.15, 0.2) is 36.4 Å². The van der Waals surface area contributed by atoms with Gasteiger partial charge in [0.2, 0.25) is 5.91 Å². The Kier molecular flexibility index (Phi) is 13.4. The fraction of sp³-hybridized carbons (Fsp3) is 0.622. The number of benzene rings is 2. The number of aryl methyl sites for hydroxylation is 1. The molecule has 0 N–H and O–H groups in total. The minimum Gasteiger partial charge on any atom is -0.494 e. The van der Waals surface area contributed by atoms with E-state index in [9.17, 15) is 9.59 Å². The SMILES string of the molecule is CPN(C(=O)OC(C(C)C)N1C(=O)CCc2ccc(OCCCCN3CCN(c4cccc(Cl)c4Cl)CC3)cc21)C(C)(C)CC(C)(C)C. The molecule has 266 valence electrons. The van der Waals surface area contributed by atoms with Gasteiger partial charge in [-0.2, -0.15) is 0 Å². The van der Waals surface area contributed by atoms with E-state index in [4.69, 9.17) is 32.7 Å². The molecular formula is C37H55Cl2N4O4P. The number of hydrogen-bond acceptors (Lipinski definition) is 6. The number of nitrogens with zero attached hydrogens (tertiary/aromatic N) is 4. The smallest absolute Gasteiger partial charge is 0.415 e. The number of anilines is 2. The van der Waals surface area contributed by atoms with Crippen LogP contribution in [0.4, 0.5) is 16.2 Å². The largest absolute Gasteiger partial charge is 0.494 e. The van der Waals surface area contributed by atoms with Crippen molar-refractivity contribution < 1.29 is 19.1 Å². The van der Waals surface area contributed by atoms with E-state index < -0.39 is 11.8 Å². The zero-order chi connectivity index (χ0) is 35.2. The third kappa shape index (κ3) is 9.93. The molecule has 0 spiro atoms. The monoisotopic (exact) mass is 720 g/mol. The van der Waals surface area contributed by atoms with E-state index >= 15 is 0 Å². The van der Waals surface area contributed by atoms with Crippen LogP contribution in [0.25, 0.3) is 0 Å². The Morgan fingerprint density at radius 2 is 1.69 bits per heavy atom. The predicted molar refractivity (Wildman–Crippen MR) is 201 cm³/mol. The summed E-state index contributed by atoms with van der Waals surface area (Å²) in [5, 5.41) is 1.21. The first-order valence-electron chi connectivity index (χ1n) is 17.3. The Balaban J connectivity index is 1.33. The Bertz CT molecular complexity index is 1410. The van der Waals surface area contributed by atoms with Crippen molar-refractivity contribution in [2.45, 2.75) is 92.3 Å². The predicted octanol–water partition coefficient (Wildman–Crippen LogP) is 9.11. The summed E-state index contributed by atoms with van der Waals surface area (Å²) in [6.07, 6.45) is 2.70. The van der Waals surface area contributed by atoms with Crippen LogP contribution in [0, 0.1) is 11.3 Å². The van der Waals surface area contributed by atoms with Crippen molar-refractivity contribution in [1.82, 2.24) is 9.57 Å². The van der Waals surface area contributed by atoms with Crippen molar-refractivity contribution >= 4 is 55.3 Å². The maximum Gasteiger partial charge on any atom is 0.415 e. The highest BCUT2D eigenvalue weighted by molar-refractivity contribution is 7.35. The number of halogens is 2. The summed E-state index contributed by atoms with van der Waals surface area (Å²) >= 11 is 12.7. The van der Waals surface area contributed by atoms with Gasteiger partial charge < -0.3 is 14.4 Å². The molecule has 8 nitrogen and oxygen atoms in total. The highest BCUT2D eigenvalue weighted by Gasteiger charge is 2.40. The van der Waals surface area contributed by atoms with Gasteiger partial charge in [-0.05, 0) is 90.6 Å². The highest BCUT2D eigenvalue weighted by Crippen LogP contribution is 2.39. The third-order valence-electron chi connectivity index (χ3n) is 9.00. The molecule has 2 aliphatic rings. The number of carbonyl (C=O) groups is 2. The van der Waals surface area contributed by atoms with Crippen molar-refractivity contribution in [3.8, 4) is 5.75 Å². The number of rotatable bonds is 13. The van der Waals surface area contributed by atoms with Gasteiger partial charge in [0, 0.05) is 50.1 Å². The molecule has 4 rings (SSSR count). The molecular weight excluding hydrogens is 666 g/mol. The Morgan fingerprint density at radius 1 is 0.979 bits per heavy atom. The molecule has 48 heavy (non-hydrogen) atoms. The first-order chi connectivity index (χ1) is 22.6. The molecule has 2 aromatic rings. The second-order valence-electron chi connectivity index (χ2n) is 15.1. The molecule has 2 unspecified atom stereocenters. The van der Waals surface area contributed by atoms with Gasteiger partial charge in [0.05, 0.1) is 28.0 Å². The lowest BCUT2D eigenvalue weighted by Gasteiger charge is -2.43. The van der Waals surface area contributed by atoms with Crippen LogP contribution in [0.5, 0.6) is 5.75 Å². The topological polar surface area (TPSA) is 65.6 Å². The van der Waals surface area contributed by atoms with E-state index in [0.29, 0.717) is 29.5 Å². The van der Waals surface area contributed by atoms with Crippen molar-refractivity contribution in [2.24, 2.45) is 11.3 Å². The zero-order valence-electron chi connectivity index (χ0n) is 30.1. The molecule has 2 aromatic carbocycles. The summed E-state index contributed by atoms with van der Waals surface area (Å²) in [6, 6.07) is 11.8. The fourth-order valence-electron chi connectivity index (χ4n) is 7.08. The Labute approximate surface area is 300 Å². The quantitative estimate of drug-likeness (QED) is 0.152. The van der Waals surface area contributed by atoms with E-state index in [1.165, 1.54) is 0 Å². The van der Waals surface area contributed by atoms with Crippen molar-refractivity contribution in [1.29, 1.82) is 0 Å². The van der Waals surface area contributed by atoms with E-state index in [1.807, 2.05) is 61.6 Å². The summed E-state index contributed by atoms with van der Waals surface area (Å²) in [4.78, 5) is 33.6. The minimum absolute atomic E-state index is 0.0386. The van der Waals surface area contributed by atoms with Crippen LogP contribution in [0.1, 0.15) is 79.7 Å². The molecule has 2 aliphatic heterocycles. The first kappa shape index (κ1) is 38.6. The van der Waals surface area contributed by atoms with Crippen LogP contribution >= 0.6 is 31.9 Å². The van der Waals surface area contributed by atoms with E-state index in [-0.39, 0.29) is 32.1 Å². The lowest BCUT2D eigenvalue weighted by Crippen LogP contribution is -2.52. The van der Waals surface area contributed by atoms with Crippen LogP contribution in [-0.4, -0.2) is 79.3 Å². The summed E-state index contributed by atoms with van der Waals surface area (Å²) in [5.74, 6) is 0.575.